The molecule has 0 radical (unpaired) electrons. The van der Waals surface area contributed by atoms with E-state index in [9.17, 15) is 13.2 Å². The van der Waals surface area contributed by atoms with Gasteiger partial charge in [-0.05, 0) is 18.2 Å². The average Bonchev–Trinajstić information content (AvgIpc) is 2.44. The van der Waals surface area contributed by atoms with E-state index in [-0.39, 0.29) is 5.75 Å². The van der Waals surface area contributed by atoms with Crippen LogP contribution in [0.3, 0.4) is 0 Å². The largest absolute Gasteiger partial charge is 0.497 e. The van der Waals surface area contributed by atoms with E-state index in [1.807, 2.05) is 0 Å². The molecule has 1 aliphatic rings. The zero-order valence-electron chi connectivity index (χ0n) is 11.7. The number of hydrogen-bond acceptors (Lipinski definition) is 6. The number of carboxylic acids is 1. The van der Waals surface area contributed by atoms with Crippen LogP contribution in [0.15, 0.2) is 18.2 Å². The normalized spacial score (nSPS) is 24.3. The fourth-order valence-corrected chi connectivity index (χ4v) is 4.02. The van der Waals surface area contributed by atoms with Gasteiger partial charge in [-0.1, -0.05) is 0 Å². The van der Waals surface area contributed by atoms with Crippen molar-refractivity contribution in [2.75, 3.05) is 25.7 Å². The van der Waals surface area contributed by atoms with E-state index in [1.165, 1.54) is 14.2 Å². The third kappa shape index (κ3) is 3.45. The van der Waals surface area contributed by atoms with Gasteiger partial charge in [-0.2, -0.15) is 0 Å². The summed E-state index contributed by atoms with van der Waals surface area (Å²) in [6.07, 6.45) is 0. The van der Waals surface area contributed by atoms with E-state index in [2.05, 4.69) is 5.32 Å². The van der Waals surface area contributed by atoms with Crippen LogP contribution in [0.5, 0.6) is 11.5 Å². The molecule has 0 spiro atoms. The minimum absolute atomic E-state index is 0.180. The molecule has 116 valence electrons. The molecule has 1 aliphatic heterocycles. The molecule has 2 atom stereocenters. The van der Waals surface area contributed by atoms with E-state index in [0.29, 0.717) is 17.1 Å². The molecular formula is C13H17NO6S. The molecule has 1 heterocycles. The lowest BCUT2D eigenvalue weighted by Gasteiger charge is -2.29. The van der Waals surface area contributed by atoms with Crippen molar-refractivity contribution in [1.82, 2.24) is 5.32 Å². The highest BCUT2D eigenvalue weighted by Crippen LogP contribution is 2.32. The maximum atomic E-state index is 11.9. The number of ether oxygens (including phenoxy) is 2. The van der Waals surface area contributed by atoms with Crippen LogP contribution in [0.4, 0.5) is 0 Å². The van der Waals surface area contributed by atoms with Gasteiger partial charge in [-0.25, -0.2) is 8.42 Å². The monoisotopic (exact) mass is 315 g/mol. The number of carboxylic acid groups (broad SMARTS) is 1. The Morgan fingerprint density at radius 1 is 1.29 bits per heavy atom. The summed E-state index contributed by atoms with van der Waals surface area (Å²) in [5.74, 6) is -0.757. The van der Waals surface area contributed by atoms with E-state index in [4.69, 9.17) is 14.6 Å². The van der Waals surface area contributed by atoms with Gasteiger partial charge in [0.2, 0.25) is 0 Å². The van der Waals surface area contributed by atoms with Crippen LogP contribution >= 0.6 is 0 Å². The second-order valence-electron chi connectivity index (χ2n) is 4.79. The number of hydrogen-bond donors (Lipinski definition) is 2. The first-order valence-electron chi connectivity index (χ1n) is 6.27. The summed E-state index contributed by atoms with van der Waals surface area (Å²) >= 11 is 0. The zero-order valence-corrected chi connectivity index (χ0v) is 12.5. The van der Waals surface area contributed by atoms with Gasteiger partial charge < -0.3 is 14.6 Å². The third-order valence-corrected chi connectivity index (χ3v) is 5.04. The molecule has 0 amide bonds. The number of sulfone groups is 1. The Morgan fingerprint density at radius 3 is 2.57 bits per heavy atom. The quantitative estimate of drug-likeness (QED) is 0.819. The standard InChI is InChI=1S/C13H17NO6S/c1-19-8-3-4-12(20-2)9(5-8)10-6-21(17,18)7-11(14-10)13(15)16/h3-5,10-11,14H,6-7H2,1-2H3,(H,15,16). The second kappa shape index (κ2) is 5.90. The van der Waals surface area contributed by atoms with Gasteiger partial charge in [0.05, 0.1) is 31.8 Å². The Bertz CT molecular complexity index is 642. The Morgan fingerprint density at radius 2 is 2.00 bits per heavy atom. The second-order valence-corrected chi connectivity index (χ2v) is 6.95. The molecule has 1 fully saturated rings. The van der Waals surface area contributed by atoms with Gasteiger partial charge in [0.15, 0.2) is 9.84 Å². The maximum Gasteiger partial charge on any atom is 0.321 e. The summed E-state index contributed by atoms with van der Waals surface area (Å²) in [4.78, 5) is 11.1. The van der Waals surface area contributed by atoms with Gasteiger partial charge in [0.25, 0.3) is 0 Å². The topological polar surface area (TPSA) is 102 Å². The molecule has 2 N–H and O–H groups in total. The predicted octanol–water partition coefficient (Wildman–Crippen LogP) is 0.216. The van der Waals surface area contributed by atoms with Crippen molar-refractivity contribution in [3.8, 4) is 11.5 Å². The van der Waals surface area contributed by atoms with Crippen LogP contribution in [0, 0.1) is 0 Å². The molecule has 1 aromatic rings. The van der Waals surface area contributed by atoms with Crippen LogP contribution in [-0.2, 0) is 14.6 Å². The number of aliphatic carboxylic acids is 1. The molecule has 0 bridgehead atoms. The van der Waals surface area contributed by atoms with E-state index >= 15 is 0 Å². The van der Waals surface area contributed by atoms with E-state index in [1.54, 1.807) is 18.2 Å². The Balaban J connectivity index is 2.42. The van der Waals surface area contributed by atoms with E-state index < -0.39 is 33.6 Å². The summed E-state index contributed by atoms with van der Waals surface area (Å²) in [7, 11) is -0.492. The third-order valence-electron chi connectivity index (χ3n) is 3.35. The smallest absolute Gasteiger partial charge is 0.321 e. The molecule has 2 rings (SSSR count). The Labute approximate surface area is 122 Å². The van der Waals surface area contributed by atoms with Gasteiger partial charge in [0, 0.05) is 5.56 Å². The maximum absolute atomic E-state index is 11.9. The summed E-state index contributed by atoms with van der Waals surface area (Å²) < 4.78 is 34.2. The van der Waals surface area contributed by atoms with Crippen molar-refractivity contribution >= 4 is 15.8 Å². The number of carbonyl (C=O) groups is 1. The van der Waals surface area contributed by atoms with Gasteiger partial charge in [-0.3, -0.25) is 10.1 Å². The highest BCUT2D eigenvalue weighted by Gasteiger charge is 2.36. The molecule has 0 aliphatic carbocycles. The summed E-state index contributed by atoms with van der Waals surface area (Å²) in [5.41, 5.74) is 0.561. The van der Waals surface area contributed by atoms with Gasteiger partial charge >= 0.3 is 5.97 Å². The van der Waals surface area contributed by atoms with E-state index in [0.717, 1.165) is 0 Å². The number of nitrogens with one attached hydrogen (secondary N) is 1. The number of benzene rings is 1. The molecule has 1 saturated heterocycles. The first kappa shape index (κ1) is 15.6. The lowest BCUT2D eigenvalue weighted by molar-refractivity contribution is -0.139. The van der Waals surface area contributed by atoms with Crippen molar-refractivity contribution in [3.05, 3.63) is 23.8 Å². The molecular weight excluding hydrogens is 298 g/mol. The summed E-state index contributed by atoms with van der Waals surface area (Å²) in [5, 5.41) is 11.9. The Kier molecular flexibility index (Phi) is 4.38. The molecule has 2 unspecified atom stereocenters. The van der Waals surface area contributed by atoms with Crippen LogP contribution in [0.25, 0.3) is 0 Å². The highest BCUT2D eigenvalue weighted by molar-refractivity contribution is 7.91. The number of rotatable bonds is 4. The van der Waals surface area contributed by atoms with Crippen molar-refractivity contribution in [1.29, 1.82) is 0 Å². The fourth-order valence-electron chi connectivity index (χ4n) is 2.35. The van der Waals surface area contributed by atoms with Crippen LogP contribution in [0.1, 0.15) is 11.6 Å². The van der Waals surface area contributed by atoms with Gasteiger partial charge in [0.1, 0.15) is 17.5 Å². The van der Waals surface area contributed by atoms with Gasteiger partial charge in [-0.15, -0.1) is 0 Å². The first-order chi connectivity index (χ1) is 9.86. The lowest BCUT2D eigenvalue weighted by atomic mass is 10.1. The minimum atomic E-state index is -3.46. The summed E-state index contributed by atoms with van der Waals surface area (Å²) in [6, 6.07) is 3.21. The Hall–Kier alpha value is -1.80. The van der Waals surface area contributed by atoms with Crippen LogP contribution < -0.4 is 14.8 Å². The molecule has 1 aromatic carbocycles. The first-order valence-corrected chi connectivity index (χ1v) is 8.09. The predicted molar refractivity (Wildman–Crippen MR) is 75.5 cm³/mol. The SMILES string of the molecule is COc1ccc(OC)c(C2CS(=O)(=O)CC(C(=O)O)N2)c1. The van der Waals surface area contributed by atoms with Crippen LogP contribution in [0.2, 0.25) is 0 Å². The minimum Gasteiger partial charge on any atom is -0.497 e. The molecule has 0 saturated carbocycles. The highest BCUT2D eigenvalue weighted by atomic mass is 32.2. The number of methoxy groups -OCH3 is 2. The lowest BCUT2D eigenvalue weighted by Crippen LogP contribution is -2.51. The van der Waals surface area contributed by atoms with Crippen molar-refractivity contribution in [2.45, 2.75) is 12.1 Å². The summed E-state index contributed by atoms with van der Waals surface area (Å²) in [6.45, 7) is 0. The fraction of sp³-hybridized carbons (Fsp3) is 0.462. The van der Waals surface area contributed by atoms with Crippen molar-refractivity contribution < 1.29 is 27.8 Å². The molecule has 0 aromatic heterocycles. The molecule has 21 heavy (non-hydrogen) atoms. The molecule has 8 heteroatoms. The zero-order chi connectivity index (χ0) is 15.6. The van der Waals surface area contributed by atoms with Crippen molar-refractivity contribution in [3.63, 3.8) is 0 Å². The van der Waals surface area contributed by atoms with Crippen molar-refractivity contribution in [2.24, 2.45) is 0 Å². The molecule has 7 nitrogen and oxygen atoms in total. The average molecular weight is 315 g/mol. The van der Waals surface area contributed by atoms with Crippen LogP contribution in [-0.4, -0.2) is 51.3 Å².